The molecule has 0 aromatic carbocycles. The molecule has 0 saturated carbocycles. The summed E-state index contributed by atoms with van der Waals surface area (Å²) in [6.45, 7) is 0. The van der Waals surface area contributed by atoms with Crippen molar-refractivity contribution in [3.8, 4) is 0 Å². The third kappa shape index (κ3) is 2.14. The summed E-state index contributed by atoms with van der Waals surface area (Å²) in [7, 11) is 0. The van der Waals surface area contributed by atoms with Gasteiger partial charge in [-0.1, -0.05) is 15.9 Å². The standard InChI is InChI=1S/C7H7BrF2N2/c8-3-5-1-4(11)2-6(12-5)7(9)10/h1-2,7H,3H2,(H2,11,12). The summed E-state index contributed by atoms with van der Waals surface area (Å²) in [6, 6.07) is 2.73. The number of hydrogen-bond donors (Lipinski definition) is 1. The zero-order valence-electron chi connectivity index (χ0n) is 6.10. The van der Waals surface area contributed by atoms with Crippen molar-refractivity contribution in [3.63, 3.8) is 0 Å². The summed E-state index contributed by atoms with van der Waals surface area (Å²) in [6.07, 6.45) is -2.56. The molecule has 2 N–H and O–H groups in total. The van der Waals surface area contributed by atoms with Crippen LogP contribution in [-0.4, -0.2) is 4.98 Å². The summed E-state index contributed by atoms with van der Waals surface area (Å²) in [4.78, 5) is 3.67. The molecule has 0 radical (unpaired) electrons. The average molecular weight is 237 g/mol. The number of aromatic nitrogens is 1. The van der Waals surface area contributed by atoms with Crippen molar-refractivity contribution >= 4 is 21.6 Å². The minimum Gasteiger partial charge on any atom is -0.399 e. The molecule has 1 aromatic heterocycles. The highest BCUT2D eigenvalue weighted by Crippen LogP contribution is 2.20. The molecule has 2 nitrogen and oxygen atoms in total. The summed E-state index contributed by atoms with van der Waals surface area (Å²) in [5.41, 5.74) is 5.94. The molecular formula is C7H7BrF2N2. The fraction of sp³-hybridized carbons (Fsp3) is 0.286. The van der Waals surface area contributed by atoms with Crippen LogP contribution in [0.1, 0.15) is 17.8 Å². The van der Waals surface area contributed by atoms with Crippen LogP contribution in [0.3, 0.4) is 0 Å². The van der Waals surface area contributed by atoms with E-state index < -0.39 is 6.43 Å². The Morgan fingerprint density at radius 1 is 1.50 bits per heavy atom. The predicted molar refractivity (Wildman–Crippen MR) is 46.2 cm³/mol. The van der Waals surface area contributed by atoms with Crippen molar-refractivity contribution in [1.29, 1.82) is 0 Å². The van der Waals surface area contributed by atoms with E-state index in [4.69, 9.17) is 5.73 Å². The molecule has 1 heterocycles. The quantitative estimate of drug-likeness (QED) is 0.802. The van der Waals surface area contributed by atoms with E-state index in [0.29, 0.717) is 16.7 Å². The molecule has 0 aliphatic rings. The van der Waals surface area contributed by atoms with E-state index in [9.17, 15) is 8.78 Å². The maximum absolute atomic E-state index is 12.1. The lowest BCUT2D eigenvalue weighted by molar-refractivity contribution is 0.146. The van der Waals surface area contributed by atoms with Crippen LogP contribution in [0.2, 0.25) is 0 Å². The number of alkyl halides is 3. The monoisotopic (exact) mass is 236 g/mol. The van der Waals surface area contributed by atoms with E-state index in [0.717, 1.165) is 0 Å². The first-order valence-corrected chi connectivity index (χ1v) is 4.36. The number of halogens is 3. The Kier molecular flexibility index (Phi) is 2.97. The first-order valence-electron chi connectivity index (χ1n) is 3.24. The molecule has 0 spiro atoms. The first-order chi connectivity index (χ1) is 5.63. The number of rotatable bonds is 2. The largest absolute Gasteiger partial charge is 0.399 e. The maximum atomic E-state index is 12.1. The van der Waals surface area contributed by atoms with Crippen LogP contribution in [0.25, 0.3) is 0 Å². The topological polar surface area (TPSA) is 38.9 Å². The van der Waals surface area contributed by atoms with Gasteiger partial charge in [0.2, 0.25) is 0 Å². The second-order valence-corrected chi connectivity index (χ2v) is 2.81. The summed E-state index contributed by atoms with van der Waals surface area (Å²) >= 11 is 3.11. The molecule has 0 aliphatic carbocycles. The first kappa shape index (κ1) is 9.38. The van der Waals surface area contributed by atoms with Gasteiger partial charge < -0.3 is 5.73 Å². The Morgan fingerprint density at radius 3 is 2.67 bits per heavy atom. The van der Waals surface area contributed by atoms with Crippen molar-refractivity contribution in [1.82, 2.24) is 4.98 Å². The summed E-state index contributed by atoms with van der Waals surface area (Å²) in [5, 5.41) is 0.428. The molecule has 0 fully saturated rings. The molecule has 1 rings (SSSR count). The SMILES string of the molecule is Nc1cc(CBr)nc(C(F)F)c1. The minimum absolute atomic E-state index is 0.274. The second-order valence-electron chi connectivity index (χ2n) is 2.25. The highest BCUT2D eigenvalue weighted by molar-refractivity contribution is 9.08. The minimum atomic E-state index is -2.56. The van der Waals surface area contributed by atoms with Crippen LogP contribution < -0.4 is 5.73 Å². The zero-order valence-corrected chi connectivity index (χ0v) is 7.68. The number of pyridine rings is 1. The Labute approximate surface area is 76.9 Å². The van der Waals surface area contributed by atoms with Gasteiger partial charge in [0.1, 0.15) is 5.69 Å². The molecule has 0 amide bonds. The van der Waals surface area contributed by atoms with Gasteiger partial charge in [-0.2, -0.15) is 0 Å². The molecule has 0 saturated heterocycles. The Hall–Kier alpha value is -0.710. The molecule has 12 heavy (non-hydrogen) atoms. The van der Waals surface area contributed by atoms with Crippen molar-refractivity contribution < 1.29 is 8.78 Å². The van der Waals surface area contributed by atoms with Crippen LogP contribution >= 0.6 is 15.9 Å². The Balaban J connectivity index is 3.06. The van der Waals surface area contributed by atoms with Gasteiger partial charge in [0, 0.05) is 11.0 Å². The predicted octanol–water partition coefficient (Wildman–Crippen LogP) is 2.50. The fourth-order valence-corrected chi connectivity index (χ4v) is 1.10. The second kappa shape index (κ2) is 3.80. The highest BCUT2D eigenvalue weighted by Gasteiger charge is 2.09. The number of nitrogens with two attached hydrogens (primary N) is 1. The van der Waals surface area contributed by atoms with Gasteiger partial charge in [0.25, 0.3) is 6.43 Å². The third-order valence-electron chi connectivity index (χ3n) is 1.28. The van der Waals surface area contributed by atoms with Crippen LogP contribution in [0.5, 0.6) is 0 Å². The van der Waals surface area contributed by atoms with Crippen molar-refractivity contribution in [2.24, 2.45) is 0 Å². The molecule has 0 bridgehead atoms. The van der Waals surface area contributed by atoms with E-state index >= 15 is 0 Å². The van der Waals surface area contributed by atoms with Gasteiger partial charge in [-0.15, -0.1) is 0 Å². The molecular weight excluding hydrogens is 230 g/mol. The van der Waals surface area contributed by atoms with Gasteiger partial charge in [-0.05, 0) is 12.1 Å². The van der Waals surface area contributed by atoms with Crippen molar-refractivity contribution in [2.45, 2.75) is 11.8 Å². The number of nitrogen functional groups attached to an aromatic ring is 1. The lowest BCUT2D eigenvalue weighted by atomic mass is 10.3. The third-order valence-corrected chi connectivity index (χ3v) is 1.86. The molecule has 0 aliphatic heterocycles. The molecule has 0 atom stereocenters. The van der Waals surface area contributed by atoms with E-state index in [1.165, 1.54) is 6.07 Å². The Bertz CT molecular complexity index is 278. The van der Waals surface area contributed by atoms with Gasteiger partial charge in [0.15, 0.2) is 0 Å². The van der Waals surface area contributed by atoms with Crippen molar-refractivity contribution in [3.05, 3.63) is 23.5 Å². The maximum Gasteiger partial charge on any atom is 0.280 e. The van der Waals surface area contributed by atoms with E-state index in [1.807, 2.05) is 0 Å². The fourth-order valence-electron chi connectivity index (χ4n) is 0.815. The normalized spacial score (nSPS) is 10.7. The van der Waals surface area contributed by atoms with Crippen LogP contribution in [-0.2, 0) is 5.33 Å². The molecule has 0 unspecified atom stereocenters. The van der Waals surface area contributed by atoms with Crippen LogP contribution in [0.4, 0.5) is 14.5 Å². The van der Waals surface area contributed by atoms with Crippen LogP contribution in [0.15, 0.2) is 12.1 Å². The molecule has 66 valence electrons. The molecule has 5 heteroatoms. The summed E-state index contributed by atoms with van der Waals surface area (Å²) in [5.74, 6) is 0. The van der Waals surface area contributed by atoms with Gasteiger partial charge in [-0.3, -0.25) is 4.98 Å². The van der Waals surface area contributed by atoms with Gasteiger partial charge in [-0.25, -0.2) is 8.78 Å². The van der Waals surface area contributed by atoms with Crippen LogP contribution in [0, 0.1) is 0 Å². The van der Waals surface area contributed by atoms with Crippen molar-refractivity contribution in [2.75, 3.05) is 5.73 Å². The average Bonchev–Trinajstić information content (AvgIpc) is 2.03. The number of nitrogens with zero attached hydrogens (tertiary/aromatic N) is 1. The smallest absolute Gasteiger partial charge is 0.280 e. The van der Waals surface area contributed by atoms with E-state index in [1.54, 1.807) is 6.07 Å². The summed E-state index contributed by atoms with van der Waals surface area (Å²) < 4.78 is 24.3. The lowest BCUT2D eigenvalue weighted by Crippen LogP contribution is -1.97. The number of hydrogen-bond acceptors (Lipinski definition) is 2. The lowest BCUT2D eigenvalue weighted by Gasteiger charge is -2.02. The van der Waals surface area contributed by atoms with E-state index in [2.05, 4.69) is 20.9 Å². The van der Waals surface area contributed by atoms with Gasteiger partial charge >= 0.3 is 0 Å². The molecule has 1 aromatic rings. The zero-order chi connectivity index (χ0) is 9.14. The van der Waals surface area contributed by atoms with E-state index in [-0.39, 0.29) is 5.69 Å². The highest BCUT2D eigenvalue weighted by atomic mass is 79.9. The Morgan fingerprint density at radius 2 is 2.17 bits per heavy atom. The number of anilines is 1. The van der Waals surface area contributed by atoms with Gasteiger partial charge in [0.05, 0.1) is 5.69 Å².